The Morgan fingerprint density at radius 2 is 1.43 bits per heavy atom. The van der Waals surface area contributed by atoms with E-state index in [0.717, 1.165) is 5.56 Å². The van der Waals surface area contributed by atoms with Gasteiger partial charge in [0.1, 0.15) is 6.10 Å². The van der Waals surface area contributed by atoms with Gasteiger partial charge in [0.15, 0.2) is 12.6 Å². The van der Waals surface area contributed by atoms with E-state index >= 15 is 0 Å². The Labute approximate surface area is 164 Å². The molecule has 0 spiro atoms. The maximum Gasteiger partial charge on any atom is 0.299 e. The lowest BCUT2D eigenvalue weighted by Crippen LogP contribution is -2.19. The lowest BCUT2D eigenvalue weighted by molar-refractivity contribution is -0.0237. The summed E-state index contributed by atoms with van der Waals surface area (Å²) in [5.74, 6) is -0.275. The van der Waals surface area contributed by atoms with Gasteiger partial charge in [-0.15, -0.1) is 0 Å². The van der Waals surface area contributed by atoms with Crippen molar-refractivity contribution in [1.29, 1.82) is 0 Å². The fraction of sp³-hybridized carbons (Fsp3) is 0.136. The second kappa shape index (κ2) is 8.93. The number of ketones is 1. The molecule has 3 aromatic carbocycles. The monoisotopic (exact) mass is 396 g/mol. The third-order valence-corrected chi connectivity index (χ3v) is 5.40. The van der Waals surface area contributed by atoms with Gasteiger partial charge in [0.25, 0.3) is 10.1 Å². The van der Waals surface area contributed by atoms with Gasteiger partial charge in [-0.05, 0) is 24.6 Å². The highest BCUT2D eigenvalue weighted by atomic mass is 32.2. The second-order valence-corrected chi connectivity index (χ2v) is 7.81. The average Bonchev–Trinajstić information content (AvgIpc) is 2.72. The van der Waals surface area contributed by atoms with Crippen molar-refractivity contribution in [3.63, 3.8) is 0 Å². The molecule has 0 aliphatic carbocycles. The predicted octanol–water partition coefficient (Wildman–Crippen LogP) is 4.30. The number of benzene rings is 3. The Balaban J connectivity index is 1.75. The highest BCUT2D eigenvalue weighted by molar-refractivity contribution is 7.86. The molecule has 0 aliphatic heterocycles. The topological polar surface area (TPSA) is 69.7 Å². The van der Waals surface area contributed by atoms with E-state index in [1.807, 2.05) is 19.1 Å². The first-order valence-electron chi connectivity index (χ1n) is 8.69. The van der Waals surface area contributed by atoms with E-state index in [1.54, 1.807) is 60.7 Å². The summed E-state index contributed by atoms with van der Waals surface area (Å²) in [5.41, 5.74) is 2.03. The van der Waals surface area contributed by atoms with Crippen LogP contribution in [0.2, 0.25) is 0 Å². The van der Waals surface area contributed by atoms with Crippen LogP contribution in [0.15, 0.2) is 89.8 Å². The lowest BCUT2D eigenvalue weighted by atomic mass is 10.00. The summed E-state index contributed by atoms with van der Waals surface area (Å²) in [6.45, 7) is 1.29. The number of aryl methyl sites for hydroxylation is 1. The molecule has 0 fully saturated rings. The summed E-state index contributed by atoms with van der Waals surface area (Å²) < 4.78 is 35.2. The van der Waals surface area contributed by atoms with Crippen LogP contribution in [0.25, 0.3) is 0 Å². The molecule has 3 rings (SSSR count). The molecule has 6 heteroatoms. The number of hydrogen-bond acceptors (Lipinski definition) is 5. The number of Topliss-reactive ketones (excluding diaryl/α,β-unsaturated/α-hetero) is 1. The van der Waals surface area contributed by atoms with E-state index in [1.165, 1.54) is 12.1 Å². The predicted molar refractivity (Wildman–Crippen MR) is 105 cm³/mol. The van der Waals surface area contributed by atoms with E-state index in [9.17, 15) is 13.2 Å². The minimum atomic E-state index is -3.98. The Kier molecular flexibility index (Phi) is 6.36. The smallest absolute Gasteiger partial charge is 0.299 e. The van der Waals surface area contributed by atoms with Crippen LogP contribution in [0.1, 0.15) is 27.6 Å². The normalized spacial score (nSPS) is 12.5. The molecule has 3 aromatic rings. The molecule has 144 valence electrons. The summed E-state index contributed by atoms with van der Waals surface area (Å²) >= 11 is 0. The number of ether oxygens (including phenoxy) is 1. The highest BCUT2D eigenvalue weighted by Crippen LogP contribution is 2.23. The van der Waals surface area contributed by atoms with Crippen LogP contribution in [0.4, 0.5) is 0 Å². The molecule has 1 atom stereocenters. The standard InChI is InChI=1S/C22H20O5S/c1-17-12-14-20(15-13-17)28(24,25)27-16-26-22(19-10-6-3-7-11-19)21(23)18-8-4-2-5-9-18/h2-15,22H,16H2,1H3. The summed E-state index contributed by atoms with van der Waals surface area (Å²) in [6, 6.07) is 23.9. The Hall–Kier alpha value is -2.80. The second-order valence-electron chi connectivity index (χ2n) is 6.19. The van der Waals surface area contributed by atoms with E-state index < -0.39 is 23.0 Å². The first-order chi connectivity index (χ1) is 13.5. The van der Waals surface area contributed by atoms with Gasteiger partial charge in [0.05, 0.1) is 4.90 Å². The van der Waals surface area contributed by atoms with Crippen LogP contribution in [0, 0.1) is 6.92 Å². The molecule has 28 heavy (non-hydrogen) atoms. The zero-order valence-corrected chi connectivity index (χ0v) is 16.1. The number of hydrogen-bond donors (Lipinski definition) is 0. The van der Waals surface area contributed by atoms with E-state index in [4.69, 9.17) is 8.92 Å². The molecule has 0 radical (unpaired) electrons. The van der Waals surface area contributed by atoms with E-state index in [0.29, 0.717) is 11.1 Å². The van der Waals surface area contributed by atoms with Crippen LogP contribution in [0.3, 0.4) is 0 Å². The zero-order chi connectivity index (χ0) is 20.0. The first-order valence-corrected chi connectivity index (χ1v) is 10.1. The van der Waals surface area contributed by atoms with Gasteiger partial charge in [-0.3, -0.25) is 4.79 Å². The molecular weight excluding hydrogens is 376 g/mol. The molecule has 0 heterocycles. The molecule has 0 saturated heterocycles. The maximum absolute atomic E-state index is 12.9. The highest BCUT2D eigenvalue weighted by Gasteiger charge is 2.24. The van der Waals surface area contributed by atoms with Gasteiger partial charge in [-0.1, -0.05) is 78.4 Å². The molecule has 0 N–H and O–H groups in total. The quantitative estimate of drug-likeness (QED) is 0.323. The zero-order valence-electron chi connectivity index (χ0n) is 15.3. The molecule has 0 aliphatic rings. The van der Waals surface area contributed by atoms with Gasteiger partial charge < -0.3 is 4.74 Å². The summed E-state index contributed by atoms with van der Waals surface area (Å²) in [6.07, 6.45) is -0.975. The van der Waals surface area contributed by atoms with Crippen LogP contribution in [0.5, 0.6) is 0 Å². The van der Waals surface area contributed by atoms with Crippen molar-refractivity contribution in [3.8, 4) is 0 Å². The maximum atomic E-state index is 12.9. The van der Waals surface area contributed by atoms with Crippen molar-refractivity contribution in [1.82, 2.24) is 0 Å². The third-order valence-electron chi connectivity index (χ3n) is 4.15. The fourth-order valence-electron chi connectivity index (χ4n) is 2.64. The summed E-state index contributed by atoms with van der Waals surface area (Å²) in [5, 5.41) is 0. The SMILES string of the molecule is Cc1ccc(S(=O)(=O)OCOC(C(=O)c2ccccc2)c2ccccc2)cc1. The lowest BCUT2D eigenvalue weighted by Gasteiger charge is -2.17. The van der Waals surface area contributed by atoms with Crippen molar-refractivity contribution in [2.24, 2.45) is 0 Å². The molecule has 5 nitrogen and oxygen atoms in total. The average molecular weight is 396 g/mol. The van der Waals surface area contributed by atoms with Gasteiger partial charge >= 0.3 is 0 Å². The minimum absolute atomic E-state index is 0.0346. The Bertz CT molecular complexity index is 1010. The largest absolute Gasteiger partial charge is 0.338 e. The van der Waals surface area contributed by atoms with Crippen LogP contribution < -0.4 is 0 Å². The number of rotatable bonds is 8. The molecule has 0 aromatic heterocycles. The van der Waals surface area contributed by atoms with Gasteiger partial charge in [0, 0.05) is 5.56 Å². The van der Waals surface area contributed by atoms with Crippen molar-refractivity contribution >= 4 is 15.9 Å². The van der Waals surface area contributed by atoms with Gasteiger partial charge in [-0.25, -0.2) is 4.18 Å². The molecular formula is C22H20O5S. The third kappa shape index (κ3) is 4.92. The Morgan fingerprint density at radius 1 is 0.857 bits per heavy atom. The van der Waals surface area contributed by atoms with Crippen molar-refractivity contribution < 1.29 is 22.1 Å². The molecule has 0 bridgehead atoms. The van der Waals surface area contributed by atoms with Crippen LogP contribution >= 0.6 is 0 Å². The Morgan fingerprint density at radius 3 is 2.04 bits per heavy atom. The van der Waals surface area contributed by atoms with Crippen LogP contribution in [-0.4, -0.2) is 21.0 Å². The number of carbonyl (C=O) groups is 1. The molecule has 0 saturated carbocycles. The molecule has 0 amide bonds. The van der Waals surface area contributed by atoms with Crippen molar-refractivity contribution in [3.05, 3.63) is 102 Å². The fourth-order valence-corrected chi connectivity index (χ4v) is 3.42. The first kappa shape index (κ1) is 19.9. The van der Waals surface area contributed by atoms with E-state index in [2.05, 4.69) is 0 Å². The van der Waals surface area contributed by atoms with Crippen molar-refractivity contribution in [2.75, 3.05) is 6.79 Å². The summed E-state index contributed by atoms with van der Waals surface area (Å²) in [7, 11) is -3.98. The van der Waals surface area contributed by atoms with Gasteiger partial charge in [-0.2, -0.15) is 8.42 Å². The van der Waals surface area contributed by atoms with Crippen molar-refractivity contribution in [2.45, 2.75) is 17.9 Å². The van der Waals surface area contributed by atoms with E-state index in [-0.39, 0.29) is 10.7 Å². The van der Waals surface area contributed by atoms with Crippen LogP contribution in [-0.2, 0) is 19.0 Å². The summed E-state index contributed by atoms with van der Waals surface area (Å²) in [4.78, 5) is 12.9. The van der Waals surface area contributed by atoms with Gasteiger partial charge in [0.2, 0.25) is 0 Å². The molecule has 1 unspecified atom stereocenters. The number of carbonyl (C=O) groups excluding carboxylic acids is 1. The minimum Gasteiger partial charge on any atom is -0.338 e.